The summed E-state index contributed by atoms with van der Waals surface area (Å²) in [4.78, 5) is 25.3. The minimum atomic E-state index is -0.325. The van der Waals surface area contributed by atoms with Crippen molar-refractivity contribution in [1.82, 2.24) is 0 Å². The van der Waals surface area contributed by atoms with Gasteiger partial charge in [-0.2, -0.15) is 0 Å². The molecular weight excluding hydrogens is 641 g/mol. The molecule has 0 aliphatic carbocycles. The van der Waals surface area contributed by atoms with Crippen LogP contribution in [-0.2, 0) is 19.1 Å². The van der Waals surface area contributed by atoms with Crippen molar-refractivity contribution in [2.45, 2.75) is 237 Å². The second kappa shape index (κ2) is 31.7. The molecule has 306 valence electrons. The molecule has 4 nitrogen and oxygen atoms in total. The Balaban J connectivity index is 4.35. The standard InChI is InChI=1S/C48H90O4/c1-13-45(35-43(11)31-19-29-41(9)27-17-25-39(7)23-15-21-37(3)4)51-47(49)33-34-48(50)52-46(14-2)36-44(12)32-20-30-42(10)28-18-26-40(8)24-16-22-38(5)6/h35-42,45-46H,13-34H2,1-12H3. The number of hydrogen-bond acceptors (Lipinski definition) is 4. The van der Waals surface area contributed by atoms with Gasteiger partial charge in [-0.25, -0.2) is 0 Å². The fourth-order valence-electron chi connectivity index (χ4n) is 7.35. The molecule has 0 spiro atoms. The van der Waals surface area contributed by atoms with E-state index in [0.717, 1.165) is 61.2 Å². The highest BCUT2D eigenvalue weighted by Gasteiger charge is 2.16. The van der Waals surface area contributed by atoms with E-state index < -0.39 is 0 Å². The van der Waals surface area contributed by atoms with Crippen LogP contribution in [0.1, 0.15) is 224 Å². The summed E-state index contributed by atoms with van der Waals surface area (Å²) >= 11 is 0. The monoisotopic (exact) mass is 731 g/mol. The highest BCUT2D eigenvalue weighted by atomic mass is 16.5. The fourth-order valence-corrected chi connectivity index (χ4v) is 7.35. The Hall–Kier alpha value is -1.58. The molecule has 4 heteroatoms. The zero-order chi connectivity index (χ0) is 39.3. The summed E-state index contributed by atoms with van der Waals surface area (Å²) < 4.78 is 11.5. The number of hydrogen-bond donors (Lipinski definition) is 0. The van der Waals surface area contributed by atoms with Crippen molar-refractivity contribution in [3.8, 4) is 0 Å². The van der Waals surface area contributed by atoms with Crippen LogP contribution in [0.5, 0.6) is 0 Å². The minimum Gasteiger partial charge on any atom is -0.458 e. The molecule has 0 amide bonds. The van der Waals surface area contributed by atoms with E-state index in [4.69, 9.17) is 9.47 Å². The van der Waals surface area contributed by atoms with Crippen molar-refractivity contribution in [3.05, 3.63) is 23.3 Å². The number of esters is 2. The Morgan fingerprint density at radius 2 is 0.692 bits per heavy atom. The predicted octanol–water partition coefficient (Wildman–Crippen LogP) is 15.2. The molecule has 0 heterocycles. The van der Waals surface area contributed by atoms with Crippen molar-refractivity contribution in [2.24, 2.45) is 35.5 Å². The van der Waals surface area contributed by atoms with Crippen LogP contribution in [0.3, 0.4) is 0 Å². The first-order valence-electron chi connectivity index (χ1n) is 22.4. The van der Waals surface area contributed by atoms with Crippen LogP contribution in [0.4, 0.5) is 0 Å². The smallest absolute Gasteiger partial charge is 0.306 e. The van der Waals surface area contributed by atoms with Gasteiger partial charge < -0.3 is 9.47 Å². The number of rotatable bonds is 33. The average Bonchev–Trinajstić information content (AvgIpc) is 3.06. The quantitative estimate of drug-likeness (QED) is 0.0498. The normalized spacial score (nSPS) is 16.1. The van der Waals surface area contributed by atoms with Crippen molar-refractivity contribution in [1.29, 1.82) is 0 Å². The summed E-state index contributed by atoms with van der Waals surface area (Å²) in [6.45, 7) is 27.3. The minimum absolute atomic E-state index is 0.0593. The van der Waals surface area contributed by atoms with E-state index in [2.05, 4.69) is 81.4 Å². The SMILES string of the molecule is CCC(C=C(C)CCCC(C)CCCC(C)CCCC(C)C)OC(=O)CCC(=O)OC(C=C(C)CCCC(C)CCCC(C)CCCC(C)C)CC. The average molecular weight is 731 g/mol. The van der Waals surface area contributed by atoms with Crippen molar-refractivity contribution in [3.63, 3.8) is 0 Å². The molecule has 0 N–H and O–H groups in total. The molecule has 0 saturated heterocycles. The lowest BCUT2D eigenvalue weighted by molar-refractivity contribution is -0.153. The Morgan fingerprint density at radius 1 is 0.423 bits per heavy atom. The van der Waals surface area contributed by atoms with Gasteiger partial charge in [0.2, 0.25) is 0 Å². The summed E-state index contributed by atoms with van der Waals surface area (Å²) in [5.41, 5.74) is 2.56. The topological polar surface area (TPSA) is 52.6 Å². The highest BCUT2D eigenvalue weighted by Crippen LogP contribution is 2.24. The first kappa shape index (κ1) is 50.4. The van der Waals surface area contributed by atoms with E-state index in [-0.39, 0.29) is 37.0 Å². The third-order valence-corrected chi connectivity index (χ3v) is 11.1. The Labute approximate surface area is 325 Å². The van der Waals surface area contributed by atoms with Crippen LogP contribution < -0.4 is 0 Å². The van der Waals surface area contributed by atoms with Gasteiger partial charge in [0.1, 0.15) is 12.2 Å². The Bertz CT molecular complexity index is 870. The van der Waals surface area contributed by atoms with E-state index >= 15 is 0 Å². The predicted molar refractivity (Wildman–Crippen MR) is 227 cm³/mol. The maximum Gasteiger partial charge on any atom is 0.306 e. The van der Waals surface area contributed by atoms with E-state index in [9.17, 15) is 9.59 Å². The Kier molecular flexibility index (Phi) is 30.8. The summed E-state index contributed by atoms with van der Waals surface area (Å²) in [7, 11) is 0. The summed E-state index contributed by atoms with van der Waals surface area (Å²) in [6.07, 6.45) is 28.5. The molecule has 0 aromatic carbocycles. The van der Waals surface area contributed by atoms with Crippen LogP contribution >= 0.6 is 0 Å². The molecule has 0 aliphatic heterocycles. The second-order valence-electron chi connectivity index (χ2n) is 18.1. The van der Waals surface area contributed by atoms with Gasteiger partial charge in [-0.3, -0.25) is 9.59 Å². The summed E-state index contributed by atoms with van der Waals surface area (Å²) in [5.74, 6) is 4.21. The number of ether oxygens (including phenoxy) is 2. The zero-order valence-electron chi connectivity index (χ0n) is 37.0. The molecule has 0 aromatic heterocycles. The van der Waals surface area contributed by atoms with Crippen LogP contribution in [-0.4, -0.2) is 24.1 Å². The number of allylic oxidation sites excluding steroid dienone is 2. The number of carbonyl (C=O) groups excluding carboxylic acids is 2. The second-order valence-corrected chi connectivity index (χ2v) is 18.1. The maximum absolute atomic E-state index is 12.6. The Morgan fingerprint density at radius 3 is 0.962 bits per heavy atom. The molecule has 0 rings (SSSR count). The van der Waals surface area contributed by atoms with Crippen molar-refractivity contribution >= 4 is 11.9 Å². The van der Waals surface area contributed by atoms with Crippen LogP contribution in [0.25, 0.3) is 0 Å². The zero-order valence-corrected chi connectivity index (χ0v) is 37.0. The van der Waals surface area contributed by atoms with Gasteiger partial charge in [0, 0.05) is 0 Å². The molecule has 0 bridgehead atoms. The van der Waals surface area contributed by atoms with Gasteiger partial charge in [-0.05, 0) is 100 Å². The van der Waals surface area contributed by atoms with Gasteiger partial charge in [0.25, 0.3) is 0 Å². The molecule has 0 radical (unpaired) electrons. The largest absolute Gasteiger partial charge is 0.458 e. The third kappa shape index (κ3) is 30.8. The molecule has 52 heavy (non-hydrogen) atoms. The lowest BCUT2D eigenvalue weighted by atomic mass is 9.91. The molecule has 0 aromatic rings. The summed E-state index contributed by atoms with van der Waals surface area (Å²) in [5, 5.41) is 0. The molecule has 0 aliphatic rings. The third-order valence-electron chi connectivity index (χ3n) is 11.1. The van der Waals surface area contributed by atoms with Gasteiger partial charge in [0.05, 0.1) is 12.8 Å². The van der Waals surface area contributed by atoms with Gasteiger partial charge in [0.15, 0.2) is 0 Å². The first-order chi connectivity index (χ1) is 24.6. The number of carbonyl (C=O) groups is 2. The summed E-state index contributed by atoms with van der Waals surface area (Å²) in [6, 6.07) is 0. The van der Waals surface area contributed by atoms with E-state index in [1.54, 1.807) is 0 Å². The highest BCUT2D eigenvalue weighted by molar-refractivity contribution is 5.78. The lowest BCUT2D eigenvalue weighted by Crippen LogP contribution is -2.19. The van der Waals surface area contributed by atoms with Crippen LogP contribution in [0, 0.1) is 35.5 Å². The molecular formula is C48H90O4. The van der Waals surface area contributed by atoms with Crippen molar-refractivity contribution < 1.29 is 19.1 Å². The molecule has 0 saturated carbocycles. The fraction of sp³-hybridized carbons (Fsp3) is 0.875. The van der Waals surface area contributed by atoms with E-state index in [1.807, 2.05) is 13.8 Å². The van der Waals surface area contributed by atoms with E-state index in [0.29, 0.717) is 0 Å². The maximum atomic E-state index is 12.6. The first-order valence-corrected chi connectivity index (χ1v) is 22.4. The van der Waals surface area contributed by atoms with Crippen LogP contribution in [0.2, 0.25) is 0 Å². The van der Waals surface area contributed by atoms with Gasteiger partial charge >= 0.3 is 11.9 Å². The van der Waals surface area contributed by atoms with Crippen LogP contribution in [0.15, 0.2) is 23.3 Å². The van der Waals surface area contributed by atoms with Gasteiger partial charge in [-0.15, -0.1) is 0 Å². The van der Waals surface area contributed by atoms with E-state index in [1.165, 1.54) is 114 Å². The molecule has 6 atom stereocenters. The molecule has 6 unspecified atom stereocenters. The van der Waals surface area contributed by atoms with Crippen molar-refractivity contribution in [2.75, 3.05) is 0 Å². The molecule has 0 fully saturated rings. The van der Waals surface area contributed by atoms with Gasteiger partial charge in [-0.1, -0.05) is 170 Å². The lowest BCUT2D eigenvalue weighted by Gasteiger charge is -2.17.